The Hall–Kier alpha value is -1.54. The second-order valence-corrected chi connectivity index (χ2v) is 7.50. The average molecular weight is 413 g/mol. The molecule has 0 atom stereocenters. The third kappa shape index (κ3) is 2.53. The van der Waals surface area contributed by atoms with Crippen molar-refractivity contribution in [1.82, 2.24) is 4.98 Å². The zero-order valence-corrected chi connectivity index (χ0v) is 13.6. The second kappa shape index (κ2) is 5.34. The molecule has 0 aliphatic carbocycles. The number of nitrogens with zero attached hydrogens (tertiary/aromatic N) is 1. The fraction of sp³-hybridized carbons (Fsp3) is 0. The molecule has 2 aromatic carbocycles. The van der Waals surface area contributed by atoms with Crippen molar-refractivity contribution in [2.75, 3.05) is 0 Å². The van der Waals surface area contributed by atoms with E-state index in [0.717, 1.165) is 15.2 Å². The molecule has 0 saturated carbocycles. The Kier molecular flexibility index (Phi) is 3.66. The standard InChI is InChI=1S/C15H9FINO2S/c16-12-5-1-2-7-14(12)21(19,20)11-8-10-4-3-6-13(17)15(10)18-9-11/h1-9H. The summed E-state index contributed by atoms with van der Waals surface area (Å²) in [5, 5.41) is 0.708. The molecular formula is C15H9FINO2S. The molecule has 0 N–H and O–H groups in total. The molecule has 0 fully saturated rings. The smallest absolute Gasteiger partial charge is 0.211 e. The van der Waals surface area contributed by atoms with Crippen LogP contribution in [0.4, 0.5) is 4.39 Å². The fourth-order valence-electron chi connectivity index (χ4n) is 2.04. The van der Waals surface area contributed by atoms with E-state index in [4.69, 9.17) is 0 Å². The van der Waals surface area contributed by atoms with Crippen molar-refractivity contribution in [3.63, 3.8) is 0 Å². The topological polar surface area (TPSA) is 47.0 Å². The molecule has 3 aromatic rings. The van der Waals surface area contributed by atoms with Crippen molar-refractivity contribution in [2.24, 2.45) is 0 Å². The lowest BCUT2D eigenvalue weighted by atomic mass is 10.2. The summed E-state index contributed by atoms with van der Waals surface area (Å²) in [4.78, 5) is 3.84. The molecule has 0 unspecified atom stereocenters. The van der Waals surface area contributed by atoms with Gasteiger partial charge in [0, 0.05) is 15.2 Å². The van der Waals surface area contributed by atoms with E-state index in [0.29, 0.717) is 5.39 Å². The van der Waals surface area contributed by atoms with E-state index >= 15 is 0 Å². The predicted molar refractivity (Wildman–Crippen MR) is 86.3 cm³/mol. The van der Waals surface area contributed by atoms with Crippen LogP contribution in [0.1, 0.15) is 0 Å². The van der Waals surface area contributed by atoms with Crippen LogP contribution < -0.4 is 0 Å². The van der Waals surface area contributed by atoms with Gasteiger partial charge in [0.1, 0.15) is 10.7 Å². The van der Waals surface area contributed by atoms with E-state index < -0.39 is 15.7 Å². The third-order valence-corrected chi connectivity index (χ3v) is 5.70. The van der Waals surface area contributed by atoms with Gasteiger partial charge in [-0.2, -0.15) is 0 Å². The molecule has 1 heterocycles. The minimum Gasteiger partial charge on any atom is -0.254 e. The van der Waals surface area contributed by atoms with Crippen LogP contribution in [0.3, 0.4) is 0 Å². The molecule has 21 heavy (non-hydrogen) atoms. The zero-order chi connectivity index (χ0) is 15.0. The highest BCUT2D eigenvalue weighted by Crippen LogP contribution is 2.26. The number of aromatic nitrogens is 1. The SMILES string of the molecule is O=S(=O)(c1cnc2c(I)cccc2c1)c1ccccc1F. The van der Waals surface area contributed by atoms with Crippen LogP contribution in [-0.2, 0) is 9.84 Å². The van der Waals surface area contributed by atoms with Crippen molar-refractivity contribution in [2.45, 2.75) is 9.79 Å². The zero-order valence-electron chi connectivity index (χ0n) is 10.6. The van der Waals surface area contributed by atoms with E-state index in [9.17, 15) is 12.8 Å². The normalized spacial score (nSPS) is 11.7. The van der Waals surface area contributed by atoms with Gasteiger partial charge in [0.2, 0.25) is 9.84 Å². The molecule has 0 radical (unpaired) electrons. The van der Waals surface area contributed by atoms with Gasteiger partial charge >= 0.3 is 0 Å². The predicted octanol–water partition coefficient (Wildman–Crippen LogP) is 3.81. The average Bonchev–Trinajstić information content (AvgIpc) is 2.47. The van der Waals surface area contributed by atoms with Crippen LogP contribution in [0.15, 0.2) is 64.5 Å². The molecule has 0 amide bonds. The maximum Gasteiger partial charge on any atom is 0.211 e. The molecule has 0 spiro atoms. The van der Waals surface area contributed by atoms with Crippen LogP contribution in [-0.4, -0.2) is 13.4 Å². The summed E-state index contributed by atoms with van der Waals surface area (Å²) >= 11 is 2.14. The molecule has 3 nitrogen and oxygen atoms in total. The highest BCUT2D eigenvalue weighted by Gasteiger charge is 2.22. The summed E-state index contributed by atoms with van der Waals surface area (Å²) in [7, 11) is -3.91. The third-order valence-electron chi connectivity index (χ3n) is 3.07. The lowest BCUT2D eigenvalue weighted by Gasteiger charge is -2.07. The minimum atomic E-state index is -3.91. The Balaban J connectivity index is 2.23. The molecule has 1 aromatic heterocycles. The fourth-order valence-corrected chi connectivity index (χ4v) is 4.01. The summed E-state index contributed by atoms with van der Waals surface area (Å²) in [6.45, 7) is 0. The number of hydrogen-bond donors (Lipinski definition) is 0. The summed E-state index contributed by atoms with van der Waals surface area (Å²) in [5.41, 5.74) is 0.727. The lowest BCUT2D eigenvalue weighted by Crippen LogP contribution is -2.05. The number of fused-ring (bicyclic) bond motifs is 1. The van der Waals surface area contributed by atoms with E-state index in [-0.39, 0.29) is 9.79 Å². The molecule has 106 valence electrons. The van der Waals surface area contributed by atoms with Crippen LogP contribution in [0, 0.1) is 9.39 Å². The first kappa shape index (κ1) is 14.4. The lowest BCUT2D eigenvalue weighted by molar-refractivity contribution is 0.567. The summed E-state index contributed by atoms with van der Waals surface area (Å²) < 4.78 is 39.7. The number of halogens is 2. The number of rotatable bonds is 2. The Bertz CT molecular complexity index is 941. The summed E-state index contributed by atoms with van der Waals surface area (Å²) in [6.07, 6.45) is 1.27. The van der Waals surface area contributed by atoms with E-state index in [1.165, 1.54) is 30.5 Å². The van der Waals surface area contributed by atoms with Gasteiger partial charge in [0.05, 0.1) is 10.4 Å². The highest BCUT2D eigenvalue weighted by molar-refractivity contribution is 14.1. The van der Waals surface area contributed by atoms with Crippen molar-refractivity contribution < 1.29 is 12.8 Å². The summed E-state index contributed by atoms with van der Waals surface area (Å²) in [6, 6.07) is 12.3. The van der Waals surface area contributed by atoms with Crippen molar-refractivity contribution in [1.29, 1.82) is 0 Å². The Morgan fingerprint density at radius 1 is 1.05 bits per heavy atom. The largest absolute Gasteiger partial charge is 0.254 e. The van der Waals surface area contributed by atoms with Crippen LogP contribution in [0.25, 0.3) is 10.9 Å². The highest BCUT2D eigenvalue weighted by atomic mass is 127. The quantitative estimate of drug-likeness (QED) is 0.601. The van der Waals surface area contributed by atoms with E-state index in [1.807, 2.05) is 12.1 Å². The monoisotopic (exact) mass is 413 g/mol. The van der Waals surface area contributed by atoms with Gasteiger partial charge in [-0.15, -0.1) is 0 Å². The minimum absolute atomic E-state index is 0.0119. The van der Waals surface area contributed by atoms with Gasteiger partial charge in [0.25, 0.3) is 0 Å². The summed E-state index contributed by atoms with van der Waals surface area (Å²) in [5.74, 6) is -0.764. The van der Waals surface area contributed by atoms with Crippen LogP contribution in [0.5, 0.6) is 0 Å². The van der Waals surface area contributed by atoms with Gasteiger partial charge in [-0.05, 0) is 46.9 Å². The first-order chi connectivity index (χ1) is 10.00. The van der Waals surface area contributed by atoms with Crippen LogP contribution in [0.2, 0.25) is 0 Å². The van der Waals surface area contributed by atoms with Gasteiger partial charge in [-0.3, -0.25) is 4.98 Å². The number of para-hydroxylation sites is 1. The molecule has 0 saturated heterocycles. The Morgan fingerprint density at radius 3 is 2.57 bits per heavy atom. The molecule has 6 heteroatoms. The number of pyridine rings is 1. The van der Waals surface area contributed by atoms with Gasteiger partial charge < -0.3 is 0 Å². The van der Waals surface area contributed by atoms with E-state index in [2.05, 4.69) is 27.6 Å². The van der Waals surface area contributed by atoms with E-state index in [1.54, 1.807) is 6.07 Å². The Morgan fingerprint density at radius 2 is 1.81 bits per heavy atom. The molecule has 0 bridgehead atoms. The molecular weight excluding hydrogens is 404 g/mol. The maximum absolute atomic E-state index is 13.7. The van der Waals surface area contributed by atoms with Crippen molar-refractivity contribution in [3.8, 4) is 0 Å². The Labute approximate surface area is 134 Å². The van der Waals surface area contributed by atoms with Gasteiger partial charge in [0.15, 0.2) is 0 Å². The second-order valence-electron chi connectivity index (χ2n) is 4.42. The van der Waals surface area contributed by atoms with Crippen molar-refractivity contribution >= 4 is 43.3 Å². The van der Waals surface area contributed by atoms with Crippen LogP contribution >= 0.6 is 22.6 Å². The maximum atomic E-state index is 13.7. The van der Waals surface area contributed by atoms with Crippen molar-refractivity contribution in [3.05, 3.63) is 64.1 Å². The molecule has 3 rings (SSSR count). The number of sulfone groups is 1. The first-order valence-corrected chi connectivity index (χ1v) is 8.60. The molecule has 0 aliphatic rings. The number of benzene rings is 2. The van der Waals surface area contributed by atoms with Gasteiger partial charge in [-0.25, -0.2) is 12.8 Å². The molecule has 0 aliphatic heterocycles. The first-order valence-electron chi connectivity index (χ1n) is 6.04. The number of hydrogen-bond acceptors (Lipinski definition) is 3. The van der Waals surface area contributed by atoms with Gasteiger partial charge in [-0.1, -0.05) is 24.3 Å².